The van der Waals surface area contributed by atoms with Crippen molar-refractivity contribution in [2.45, 2.75) is 17.1 Å². The van der Waals surface area contributed by atoms with Gasteiger partial charge in [0.25, 0.3) is 3.57 Å². The Kier molecular flexibility index (Phi) is 10.3. The van der Waals surface area contributed by atoms with E-state index in [9.17, 15) is 13.0 Å². The second-order valence-electron chi connectivity index (χ2n) is 6.43. The van der Waals surface area contributed by atoms with Gasteiger partial charge in [-0.2, -0.15) is 0 Å². The summed E-state index contributed by atoms with van der Waals surface area (Å²) in [6.07, 6.45) is 0. The van der Waals surface area contributed by atoms with Gasteiger partial charge in [0, 0.05) is 23.0 Å². The molecule has 0 radical (unpaired) electrons. The molecule has 172 valence electrons. The molecule has 9 heteroatoms. The van der Waals surface area contributed by atoms with Crippen LogP contribution in [0.3, 0.4) is 0 Å². The highest BCUT2D eigenvalue weighted by molar-refractivity contribution is 9.08. The number of hydrogen-bond acceptors (Lipinski definition) is 6. The van der Waals surface area contributed by atoms with Crippen LogP contribution in [0, 0.1) is 14.1 Å². The highest BCUT2D eigenvalue weighted by atomic mass is 127. The van der Waals surface area contributed by atoms with Crippen LogP contribution in [0.2, 0.25) is 0 Å². The third-order valence-electron chi connectivity index (χ3n) is 4.26. The summed E-state index contributed by atoms with van der Waals surface area (Å²) in [6.45, 7) is 1.82. The molecule has 0 aromatic heterocycles. The van der Waals surface area contributed by atoms with Crippen LogP contribution in [0.15, 0.2) is 65.6 Å². The van der Waals surface area contributed by atoms with Gasteiger partial charge in [-0.3, -0.25) is 0 Å². The molecule has 3 rings (SSSR count). The van der Waals surface area contributed by atoms with Crippen molar-refractivity contribution in [3.63, 3.8) is 0 Å². The topological polar surface area (TPSA) is 84.9 Å². The third-order valence-corrected chi connectivity index (χ3v) is 8.95. The van der Waals surface area contributed by atoms with Gasteiger partial charge in [-0.25, -0.2) is 8.42 Å². The monoisotopic (exact) mass is 634 g/mol. The fraction of sp³-hybridized carbons (Fsp3) is 0.217. The highest BCUT2D eigenvalue weighted by Gasteiger charge is 2.29. The first kappa shape index (κ1) is 26.4. The summed E-state index contributed by atoms with van der Waals surface area (Å²) < 4.78 is 50.0. The van der Waals surface area contributed by atoms with Gasteiger partial charge in [0.15, 0.2) is 15.1 Å². The van der Waals surface area contributed by atoms with E-state index in [1.807, 2.05) is 19.1 Å². The minimum absolute atomic E-state index is 0.178. The van der Waals surface area contributed by atoms with Gasteiger partial charge in [0.2, 0.25) is 0 Å². The summed E-state index contributed by atoms with van der Waals surface area (Å²) >= 11 is 3.14. The Morgan fingerprint density at radius 1 is 0.906 bits per heavy atom. The Morgan fingerprint density at radius 3 is 1.94 bits per heavy atom. The van der Waals surface area contributed by atoms with Crippen LogP contribution in [-0.2, 0) is 15.4 Å². The van der Waals surface area contributed by atoms with E-state index < -0.39 is 31.3 Å². The molecular formula is C23H24BrIO6S. The zero-order chi connectivity index (χ0) is 23.7. The molecule has 0 fully saturated rings. The van der Waals surface area contributed by atoms with Crippen molar-refractivity contribution in [3.8, 4) is 17.2 Å². The number of methoxy groups -OCH3 is 3. The normalized spacial score (nSPS) is 10.7. The molecule has 0 N–H and O–H groups in total. The first-order valence-electron chi connectivity index (χ1n) is 9.34. The predicted octanol–water partition coefficient (Wildman–Crippen LogP) is 1.63. The molecule has 32 heavy (non-hydrogen) atoms. The third kappa shape index (κ3) is 7.36. The van der Waals surface area contributed by atoms with Gasteiger partial charge in [0.05, 0.1) is 26.2 Å². The predicted molar refractivity (Wildman–Crippen MR) is 122 cm³/mol. The minimum atomic E-state index is -4.27. The van der Waals surface area contributed by atoms with E-state index >= 15 is 0 Å². The molecule has 0 saturated carbocycles. The smallest absolute Gasteiger partial charge is 0.366 e. The number of alkyl halides is 1. The van der Waals surface area contributed by atoms with Crippen LogP contribution in [0.1, 0.15) is 11.1 Å². The maximum Gasteiger partial charge on any atom is 0.366 e. The molecule has 0 saturated heterocycles. The second-order valence-corrected chi connectivity index (χ2v) is 11.2. The molecule has 0 aliphatic heterocycles. The van der Waals surface area contributed by atoms with E-state index in [0.29, 0.717) is 0 Å². The van der Waals surface area contributed by atoms with E-state index in [2.05, 4.69) is 40.2 Å². The minimum Gasteiger partial charge on any atom is -0.744 e. The SMILES string of the molecule is COc1cc(OC)c([I+]c2ccccc2CBr)c(OC)c1.Cc1ccc(S(=O)(=O)[O-])cc1. The second kappa shape index (κ2) is 12.4. The van der Waals surface area contributed by atoms with E-state index in [4.69, 9.17) is 14.2 Å². The van der Waals surface area contributed by atoms with Crippen LogP contribution in [0.25, 0.3) is 0 Å². The zero-order valence-electron chi connectivity index (χ0n) is 18.1. The van der Waals surface area contributed by atoms with Crippen LogP contribution in [-0.4, -0.2) is 34.3 Å². The highest BCUT2D eigenvalue weighted by Crippen LogP contribution is 2.27. The molecule has 0 unspecified atom stereocenters. The van der Waals surface area contributed by atoms with Crippen LogP contribution in [0.4, 0.5) is 0 Å². The number of hydrogen-bond donors (Lipinski definition) is 0. The van der Waals surface area contributed by atoms with Crippen molar-refractivity contribution in [1.82, 2.24) is 0 Å². The molecule has 0 aliphatic rings. The van der Waals surface area contributed by atoms with E-state index in [1.165, 1.54) is 21.3 Å². The Hall–Kier alpha value is -1.82. The van der Waals surface area contributed by atoms with E-state index in [0.717, 1.165) is 31.7 Å². The Bertz CT molecular complexity index is 1110. The Balaban J connectivity index is 0.000000278. The van der Waals surface area contributed by atoms with Crippen molar-refractivity contribution >= 4 is 26.0 Å². The average Bonchev–Trinajstić information content (AvgIpc) is 2.79. The van der Waals surface area contributed by atoms with Gasteiger partial charge in [0.1, 0.15) is 15.9 Å². The zero-order valence-corrected chi connectivity index (χ0v) is 22.7. The number of benzene rings is 3. The summed E-state index contributed by atoms with van der Waals surface area (Å²) in [7, 11) is 0.729. The first-order chi connectivity index (χ1) is 15.2. The maximum absolute atomic E-state index is 10.4. The van der Waals surface area contributed by atoms with Gasteiger partial charge >= 0.3 is 21.2 Å². The van der Waals surface area contributed by atoms with Gasteiger partial charge < -0.3 is 18.8 Å². The average molecular weight is 635 g/mol. The van der Waals surface area contributed by atoms with Crippen LogP contribution >= 0.6 is 15.9 Å². The van der Waals surface area contributed by atoms with Crippen molar-refractivity contribution in [3.05, 3.63) is 78.9 Å². The van der Waals surface area contributed by atoms with E-state index in [1.54, 1.807) is 33.5 Å². The van der Waals surface area contributed by atoms with Gasteiger partial charge in [-0.05, 0) is 25.1 Å². The van der Waals surface area contributed by atoms with Crippen LogP contribution in [0.5, 0.6) is 17.2 Å². The van der Waals surface area contributed by atoms with Crippen molar-refractivity contribution in [1.29, 1.82) is 0 Å². The number of rotatable bonds is 7. The molecule has 0 atom stereocenters. The van der Waals surface area contributed by atoms with Crippen molar-refractivity contribution in [2.75, 3.05) is 21.3 Å². The quantitative estimate of drug-likeness (QED) is 0.223. The lowest BCUT2D eigenvalue weighted by Gasteiger charge is -2.08. The molecule has 0 amide bonds. The Morgan fingerprint density at radius 2 is 1.47 bits per heavy atom. The summed E-state index contributed by atoms with van der Waals surface area (Å²) in [4.78, 5) is -0.178. The lowest BCUT2D eigenvalue weighted by Crippen LogP contribution is -3.61. The molecule has 0 bridgehead atoms. The molecule has 6 nitrogen and oxygen atoms in total. The summed E-state index contributed by atoms with van der Waals surface area (Å²) in [5, 5.41) is 0.851. The van der Waals surface area contributed by atoms with Crippen molar-refractivity contribution in [2.24, 2.45) is 0 Å². The summed E-state index contributed by atoms with van der Waals surface area (Å²) in [5.41, 5.74) is 2.24. The fourth-order valence-electron chi connectivity index (χ4n) is 2.56. The number of aryl methyl sites for hydroxylation is 1. The number of ether oxygens (including phenoxy) is 3. The molecule has 3 aromatic carbocycles. The van der Waals surface area contributed by atoms with Crippen molar-refractivity contribution < 1.29 is 48.4 Å². The Labute approximate surface area is 208 Å². The fourth-order valence-corrected chi connectivity index (χ4v) is 7.01. The largest absolute Gasteiger partial charge is 0.744 e. The molecular weight excluding hydrogens is 611 g/mol. The van der Waals surface area contributed by atoms with Crippen LogP contribution < -0.4 is 35.4 Å². The number of halogens is 2. The molecule has 0 heterocycles. The molecule has 3 aromatic rings. The van der Waals surface area contributed by atoms with Gasteiger partial charge in [-0.1, -0.05) is 51.8 Å². The van der Waals surface area contributed by atoms with Gasteiger partial charge in [-0.15, -0.1) is 0 Å². The lowest BCUT2D eigenvalue weighted by atomic mass is 10.2. The summed E-state index contributed by atoms with van der Waals surface area (Å²) in [5.74, 6) is 2.39. The first-order valence-corrected chi connectivity index (χ1v) is 14.0. The standard InChI is InChI=1S/C16H17BrIO3.C7H8O3S/c1-19-12-8-14(20-2)16(15(9-12)21-3)18-13-7-5-4-6-11(13)10-17;1-6-2-4-7(5-3-6)11(8,9)10/h4-9H,10H2,1-3H3;2-5H,1H3,(H,8,9,10)/q+1;/p-1. The lowest BCUT2D eigenvalue weighted by molar-refractivity contribution is -0.599. The summed E-state index contributed by atoms with van der Waals surface area (Å²) in [6, 6.07) is 18.1. The maximum atomic E-state index is 10.4. The van der Waals surface area contributed by atoms with E-state index in [-0.39, 0.29) is 4.90 Å². The molecule has 0 spiro atoms. The molecule has 0 aliphatic carbocycles.